The van der Waals surface area contributed by atoms with E-state index in [1.807, 2.05) is 6.07 Å². The average Bonchev–Trinajstić information content (AvgIpc) is 2.84. The normalized spacial score (nSPS) is 16.7. The molecule has 0 amide bonds. The fourth-order valence-corrected chi connectivity index (χ4v) is 3.41. The molecule has 1 atom stereocenters. The molecular formula is C18H22BrNO. The maximum Gasteiger partial charge on any atom is 0.174 e. The van der Waals surface area contributed by atoms with Crippen LogP contribution in [0.1, 0.15) is 61.3 Å². The molecule has 0 radical (unpaired) electrons. The molecular weight excluding hydrogens is 326 g/mol. The van der Waals surface area contributed by atoms with Crippen molar-refractivity contribution in [3.63, 3.8) is 0 Å². The van der Waals surface area contributed by atoms with E-state index in [1.54, 1.807) is 6.26 Å². The van der Waals surface area contributed by atoms with Gasteiger partial charge in [0.15, 0.2) is 4.67 Å². The van der Waals surface area contributed by atoms with Crippen LogP contribution in [0.25, 0.3) is 0 Å². The molecule has 0 bridgehead atoms. The van der Waals surface area contributed by atoms with E-state index in [-0.39, 0.29) is 6.04 Å². The summed E-state index contributed by atoms with van der Waals surface area (Å²) in [5.74, 6) is 0.768. The summed E-state index contributed by atoms with van der Waals surface area (Å²) in [6.07, 6.45) is 6.92. The number of hydrogen-bond donors (Lipinski definition) is 1. The van der Waals surface area contributed by atoms with Crippen molar-refractivity contribution in [2.75, 3.05) is 6.54 Å². The van der Waals surface area contributed by atoms with Gasteiger partial charge in [0.05, 0.1) is 12.3 Å². The molecule has 112 valence electrons. The Morgan fingerprint density at radius 2 is 2.19 bits per heavy atom. The molecule has 1 unspecified atom stereocenters. The quantitative estimate of drug-likeness (QED) is 0.756. The smallest absolute Gasteiger partial charge is 0.174 e. The van der Waals surface area contributed by atoms with Gasteiger partial charge in [0, 0.05) is 5.56 Å². The number of nitrogens with one attached hydrogen (secondary N) is 1. The van der Waals surface area contributed by atoms with Gasteiger partial charge in [-0.2, -0.15) is 0 Å². The molecule has 3 rings (SSSR count). The van der Waals surface area contributed by atoms with E-state index in [0.717, 1.165) is 23.6 Å². The van der Waals surface area contributed by atoms with Crippen LogP contribution in [0, 0.1) is 0 Å². The third-order valence-corrected chi connectivity index (χ3v) is 5.02. The number of hydrogen-bond acceptors (Lipinski definition) is 2. The molecule has 1 aromatic heterocycles. The van der Waals surface area contributed by atoms with Crippen molar-refractivity contribution in [1.29, 1.82) is 0 Å². The standard InChI is InChI=1S/C18H22BrNO/c1-2-10-20-17(16-9-11-21-18(16)19)15-8-4-7-14(12-15)13-5-3-6-13/h4,7-9,11-13,17,20H,2-3,5-6,10H2,1H3. The summed E-state index contributed by atoms with van der Waals surface area (Å²) in [7, 11) is 0. The minimum atomic E-state index is 0.193. The monoisotopic (exact) mass is 347 g/mol. The first-order valence-electron chi connectivity index (χ1n) is 7.85. The van der Waals surface area contributed by atoms with Crippen LogP contribution in [0.4, 0.5) is 0 Å². The molecule has 1 heterocycles. The minimum absolute atomic E-state index is 0.193. The Hall–Kier alpha value is -1.06. The number of halogens is 1. The zero-order chi connectivity index (χ0) is 14.7. The number of furan rings is 1. The lowest BCUT2D eigenvalue weighted by Gasteiger charge is -2.27. The summed E-state index contributed by atoms with van der Waals surface area (Å²) in [5, 5.41) is 3.64. The highest BCUT2D eigenvalue weighted by molar-refractivity contribution is 9.10. The summed E-state index contributed by atoms with van der Waals surface area (Å²) in [4.78, 5) is 0. The van der Waals surface area contributed by atoms with Crippen molar-refractivity contribution in [3.8, 4) is 0 Å². The predicted octanol–water partition coefficient (Wildman–Crippen LogP) is 5.40. The minimum Gasteiger partial charge on any atom is -0.457 e. The van der Waals surface area contributed by atoms with E-state index in [2.05, 4.69) is 52.4 Å². The lowest BCUT2D eigenvalue weighted by molar-refractivity contribution is 0.419. The van der Waals surface area contributed by atoms with Crippen LogP contribution in [-0.4, -0.2) is 6.54 Å². The molecule has 0 saturated heterocycles. The van der Waals surface area contributed by atoms with Crippen molar-refractivity contribution in [3.05, 3.63) is 58.0 Å². The zero-order valence-electron chi connectivity index (χ0n) is 12.4. The van der Waals surface area contributed by atoms with Crippen LogP contribution >= 0.6 is 15.9 Å². The van der Waals surface area contributed by atoms with Gasteiger partial charge in [-0.05, 0) is 64.8 Å². The van der Waals surface area contributed by atoms with Crippen LogP contribution in [0.3, 0.4) is 0 Å². The van der Waals surface area contributed by atoms with Gasteiger partial charge in [0.25, 0.3) is 0 Å². The van der Waals surface area contributed by atoms with Crippen molar-refractivity contribution < 1.29 is 4.42 Å². The second-order valence-corrected chi connectivity index (χ2v) is 6.55. The lowest BCUT2D eigenvalue weighted by Crippen LogP contribution is -2.23. The third kappa shape index (κ3) is 3.24. The first-order valence-corrected chi connectivity index (χ1v) is 8.65. The van der Waals surface area contributed by atoms with Gasteiger partial charge >= 0.3 is 0 Å². The third-order valence-electron chi connectivity index (χ3n) is 4.38. The Morgan fingerprint density at radius 3 is 2.81 bits per heavy atom. The van der Waals surface area contributed by atoms with Crippen molar-refractivity contribution in [1.82, 2.24) is 5.32 Å². The molecule has 0 spiro atoms. The predicted molar refractivity (Wildman–Crippen MR) is 89.6 cm³/mol. The summed E-state index contributed by atoms with van der Waals surface area (Å²) in [6.45, 7) is 3.19. The van der Waals surface area contributed by atoms with E-state index in [4.69, 9.17) is 4.42 Å². The molecule has 1 fully saturated rings. The highest BCUT2D eigenvalue weighted by atomic mass is 79.9. The maximum absolute atomic E-state index is 5.43. The van der Waals surface area contributed by atoms with Crippen molar-refractivity contribution in [2.45, 2.75) is 44.6 Å². The van der Waals surface area contributed by atoms with Crippen LogP contribution < -0.4 is 5.32 Å². The molecule has 1 saturated carbocycles. The van der Waals surface area contributed by atoms with E-state index in [0.29, 0.717) is 0 Å². The molecule has 1 N–H and O–H groups in total. The SMILES string of the molecule is CCCNC(c1cccc(C2CCC2)c1)c1ccoc1Br. The molecule has 1 aliphatic carbocycles. The highest BCUT2D eigenvalue weighted by Crippen LogP contribution is 2.38. The van der Waals surface area contributed by atoms with Gasteiger partial charge in [-0.3, -0.25) is 0 Å². The Bertz CT molecular complexity index is 588. The van der Waals surface area contributed by atoms with E-state index >= 15 is 0 Å². The average molecular weight is 348 g/mol. The summed E-state index contributed by atoms with van der Waals surface area (Å²) in [6, 6.07) is 11.3. The Morgan fingerprint density at radius 1 is 1.33 bits per heavy atom. The van der Waals surface area contributed by atoms with Gasteiger partial charge in [-0.1, -0.05) is 37.6 Å². The number of rotatable bonds is 6. The van der Waals surface area contributed by atoms with Crippen LogP contribution in [-0.2, 0) is 0 Å². The fraction of sp³-hybridized carbons (Fsp3) is 0.444. The molecule has 2 aromatic rings. The van der Waals surface area contributed by atoms with Gasteiger partial charge in [-0.25, -0.2) is 0 Å². The van der Waals surface area contributed by atoms with Crippen molar-refractivity contribution in [2.24, 2.45) is 0 Å². The molecule has 21 heavy (non-hydrogen) atoms. The fourth-order valence-electron chi connectivity index (χ4n) is 2.94. The first kappa shape index (κ1) is 14.9. The van der Waals surface area contributed by atoms with Crippen molar-refractivity contribution >= 4 is 15.9 Å². The van der Waals surface area contributed by atoms with Crippen LogP contribution in [0.15, 0.2) is 45.7 Å². The lowest BCUT2D eigenvalue weighted by atomic mass is 9.79. The molecule has 1 aliphatic rings. The van der Waals surface area contributed by atoms with Gasteiger partial charge in [0.1, 0.15) is 0 Å². The first-order chi connectivity index (χ1) is 10.3. The Labute approximate surface area is 135 Å². The Balaban J connectivity index is 1.90. The van der Waals surface area contributed by atoms with Gasteiger partial charge in [0.2, 0.25) is 0 Å². The van der Waals surface area contributed by atoms with E-state index in [9.17, 15) is 0 Å². The van der Waals surface area contributed by atoms with Crippen LogP contribution in [0.2, 0.25) is 0 Å². The van der Waals surface area contributed by atoms with E-state index < -0.39 is 0 Å². The Kier molecular flexibility index (Phi) is 4.81. The topological polar surface area (TPSA) is 25.2 Å². The van der Waals surface area contributed by atoms with Gasteiger partial charge < -0.3 is 9.73 Å². The van der Waals surface area contributed by atoms with Gasteiger partial charge in [-0.15, -0.1) is 0 Å². The zero-order valence-corrected chi connectivity index (χ0v) is 14.0. The summed E-state index contributed by atoms with van der Waals surface area (Å²) in [5.41, 5.74) is 3.99. The second-order valence-electron chi connectivity index (χ2n) is 5.83. The molecule has 1 aromatic carbocycles. The van der Waals surface area contributed by atoms with Crippen LogP contribution in [0.5, 0.6) is 0 Å². The highest BCUT2D eigenvalue weighted by Gasteiger charge is 2.22. The largest absolute Gasteiger partial charge is 0.457 e. The molecule has 0 aliphatic heterocycles. The summed E-state index contributed by atoms with van der Waals surface area (Å²) < 4.78 is 6.26. The van der Waals surface area contributed by atoms with E-state index in [1.165, 1.54) is 36.0 Å². The molecule has 2 nitrogen and oxygen atoms in total. The summed E-state index contributed by atoms with van der Waals surface area (Å²) >= 11 is 3.52. The maximum atomic E-state index is 5.43. The molecule has 3 heteroatoms. The number of benzene rings is 1. The second kappa shape index (κ2) is 6.80.